The molecule has 0 bridgehead atoms. The minimum absolute atomic E-state index is 0.120. The maximum atomic E-state index is 12.4. The molecular formula is C20H22N2O4. The highest BCUT2D eigenvalue weighted by Gasteiger charge is 2.32. The van der Waals surface area contributed by atoms with Crippen LogP contribution in [0.15, 0.2) is 48.5 Å². The number of amides is 2. The minimum Gasteiger partial charge on any atom is -0.497 e. The van der Waals surface area contributed by atoms with Gasteiger partial charge in [0.25, 0.3) is 5.91 Å². The van der Waals surface area contributed by atoms with Gasteiger partial charge in [-0.1, -0.05) is 24.3 Å². The summed E-state index contributed by atoms with van der Waals surface area (Å²) in [6.45, 7) is 0.147. The van der Waals surface area contributed by atoms with Crippen LogP contribution in [0.4, 0.5) is 5.69 Å². The number of fused-ring (bicyclic) bond motifs is 1. The summed E-state index contributed by atoms with van der Waals surface area (Å²) in [6, 6.07) is 15.0. The second-order valence-corrected chi connectivity index (χ2v) is 6.13. The van der Waals surface area contributed by atoms with Gasteiger partial charge in [-0.2, -0.15) is 0 Å². The monoisotopic (exact) mass is 354 g/mol. The number of para-hydroxylation sites is 2. The summed E-state index contributed by atoms with van der Waals surface area (Å²) in [5.74, 6) is 1.12. The van der Waals surface area contributed by atoms with Crippen LogP contribution in [0.1, 0.15) is 12.0 Å². The second-order valence-electron chi connectivity index (χ2n) is 6.13. The van der Waals surface area contributed by atoms with E-state index < -0.39 is 6.10 Å². The van der Waals surface area contributed by atoms with Gasteiger partial charge in [0.15, 0.2) is 6.10 Å². The Kier molecular flexibility index (Phi) is 5.41. The molecule has 0 aromatic heterocycles. The third-order valence-electron chi connectivity index (χ3n) is 4.36. The summed E-state index contributed by atoms with van der Waals surface area (Å²) in [5, 5.41) is 2.79. The van der Waals surface area contributed by atoms with Crippen LogP contribution in [0.5, 0.6) is 11.5 Å². The highest BCUT2D eigenvalue weighted by molar-refractivity contribution is 5.99. The van der Waals surface area contributed by atoms with Crippen molar-refractivity contribution in [3.8, 4) is 11.5 Å². The first-order chi connectivity index (χ1) is 12.6. The lowest BCUT2D eigenvalue weighted by Crippen LogP contribution is -2.49. The van der Waals surface area contributed by atoms with E-state index in [1.807, 2.05) is 48.5 Å². The molecule has 136 valence electrons. The smallest absolute Gasteiger partial charge is 0.269 e. The number of nitrogens with one attached hydrogen (secondary N) is 1. The molecular weight excluding hydrogens is 332 g/mol. The van der Waals surface area contributed by atoms with Gasteiger partial charge in [0.05, 0.1) is 19.3 Å². The Bertz CT molecular complexity index is 806. The van der Waals surface area contributed by atoms with E-state index in [0.717, 1.165) is 17.0 Å². The largest absolute Gasteiger partial charge is 0.497 e. The quantitative estimate of drug-likeness (QED) is 0.863. The predicted molar refractivity (Wildman–Crippen MR) is 98.6 cm³/mol. The second kappa shape index (κ2) is 7.91. The highest BCUT2D eigenvalue weighted by atomic mass is 16.5. The van der Waals surface area contributed by atoms with Gasteiger partial charge in [-0.25, -0.2) is 0 Å². The van der Waals surface area contributed by atoms with Crippen molar-refractivity contribution in [3.63, 3.8) is 0 Å². The predicted octanol–water partition coefficient (Wildman–Crippen LogP) is 2.17. The molecule has 6 heteroatoms. The molecule has 0 saturated heterocycles. The van der Waals surface area contributed by atoms with E-state index in [2.05, 4.69) is 5.32 Å². The van der Waals surface area contributed by atoms with Gasteiger partial charge in [-0.05, 0) is 36.2 Å². The highest BCUT2D eigenvalue weighted by Crippen LogP contribution is 2.32. The van der Waals surface area contributed by atoms with Gasteiger partial charge >= 0.3 is 0 Å². The molecule has 1 atom stereocenters. The number of nitrogens with zero attached hydrogens (tertiary/aromatic N) is 1. The molecule has 26 heavy (non-hydrogen) atoms. The van der Waals surface area contributed by atoms with Gasteiger partial charge in [0.1, 0.15) is 11.5 Å². The van der Waals surface area contributed by atoms with Crippen LogP contribution in [-0.2, 0) is 16.0 Å². The molecule has 1 aliphatic rings. The Morgan fingerprint density at radius 1 is 1.23 bits per heavy atom. The minimum atomic E-state index is -0.712. The molecule has 0 fully saturated rings. The molecule has 1 aliphatic heterocycles. The number of methoxy groups -OCH3 is 1. The van der Waals surface area contributed by atoms with Crippen molar-refractivity contribution in [2.75, 3.05) is 25.6 Å². The van der Waals surface area contributed by atoms with Crippen molar-refractivity contribution < 1.29 is 19.1 Å². The van der Waals surface area contributed by atoms with Crippen LogP contribution < -0.4 is 19.7 Å². The summed E-state index contributed by atoms with van der Waals surface area (Å²) in [6.07, 6.45) is 0.224. The van der Waals surface area contributed by atoms with Crippen molar-refractivity contribution in [2.45, 2.75) is 18.9 Å². The normalized spacial score (nSPS) is 15.8. The molecule has 1 unspecified atom stereocenters. The van der Waals surface area contributed by atoms with Gasteiger partial charge in [-0.15, -0.1) is 0 Å². The Labute approximate surface area is 152 Å². The van der Waals surface area contributed by atoms with Crippen molar-refractivity contribution in [1.29, 1.82) is 0 Å². The first-order valence-electron chi connectivity index (χ1n) is 8.51. The van der Waals surface area contributed by atoms with E-state index in [1.54, 1.807) is 19.1 Å². The Balaban J connectivity index is 1.52. The summed E-state index contributed by atoms with van der Waals surface area (Å²) < 4.78 is 10.9. The lowest BCUT2D eigenvalue weighted by Gasteiger charge is -2.31. The fraction of sp³-hybridized carbons (Fsp3) is 0.300. The fourth-order valence-corrected chi connectivity index (χ4v) is 2.88. The zero-order chi connectivity index (χ0) is 18.5. The van der Waals surface area contributed by atoms with Crippen LogP contribution in [0.2, 0.25) is 0 Å². The van der Waals surface area contributed by atoms with E-state index in [-0.39, 0.29) is 18.4 Å². The van der Waals surface area contributed by atoms with E-state index in [0.29, 0.717) is 18.6 Å². The van der Waals surface area contributed by atoms with Gasteiger partial charge in [0, 0.05) is 13.5 Å². The number of carbonyl (C=O) groups is 2. The van der Waals surface area contributed by atoms with Crippen molar-refractivity contribution in [1.82, 2.24) is 5.32 Å². The van der Waals surface area contributed by atoms with Crippen LogP contribution in [-0.4, -0.2) is 38.6 Å². The molecule has 2 aromatic carbocycles. The van der Waals surface area contributed by atoms with E-state index in [9.17, 15) is 9.59 Å². The molecule has 0 radical (unpaired) electrons. The maximum Gasteiger partial charge on any atom is 0.269 e. The van der Waals surface area contributed by atoms with Crippen molar-refractivity contribution >= 4 is 17.5 Å². The van der Waals surface area contributed by atoms with E-state index >= 15 is 0 Å². The average Bonchev–Trinajstić information content (AvgIpc) is 2.68. The van der Waals surface area contributed by atoms with Crippen LogP contribution in [0, 0.1) is 0 Å². The maximum absolute atomic E-state index is 12.4. The molecule has 0 spiro atoms. The molecule has 1 N–H and O–H groups in total. The van der Waals surface area contributed by atoms with Crippen molar-refractivity contribution in [3.05, 3.63) is 54.1 Å². The number of hydrogen-bond acceptors (Lipinski definition) is 4. The molecule has 2 amide bonds. The third-order valence-corrected chi connectivity index (χ3v) is 4.36. The van der Waals surface area contributed by atoms with Crippen LogP contribution >= 0.6 is 0 Å². The summed E-state index contributed by atoms with van der Waals surface area (Å²) in [7, 11) is 3.32. The summed E-state index contributed by atoms with van der Waals surface area (Å²) in [4.78, 5) is 26.1. The zero-order valence-electron chi connectivity index (χ0n) is 14.9. The lowest BCUT2D eigenvalue weighted by atomic mass is 10.1. The van der Waals surface area contributed by atoms with Gasteiger partial charge in [0.2, 0.25) is 5.91 Å². The Morgan fingerprint density at radius 2 is 2.04 bits per heavy atom. The molecule has 3 rings (SSSR count). The van der Waals surface area contributed by atoms with Crippen LogP contribution in [0.3, 0.4) is 0 Å². The molecule has 0 saturated carbocycles. The Morgan fingerprint density at radius 3 is 2.85 bits per heavy atom. The topological polar surface area (TPSA) is 67.9 Å². The molecule has 2 aromatic rings. The van der Waals surface area contributed by atoms with Gasteiger partial charge in [-0.3, -0.25) is 9.59 Å². The van der Waals surface area contributed by atoms with Gasteiger partial charge < -0.3 is 19.7 Å². The van der Waals surface area contributed by atoms with E-state index in [4.69, 9.17) is 9.47 Å². The number of likely N-dealkylation sites (N-methyl/N-ethyl adjacent to an activating group) is 1. The number of carbonyl (C=O) groups excluding carboxylic acids is 2. The standard InChI is InChI=1S/C20H22N2O4/c1-22-16-8-3-4-9-17(16)26-18(20(22)24)13-21-19(23)11-10-14-6-5-7-15(12-14)25-2/h3-9,12,18H,10-11,13H2,1-2H3,(H,21,23). The number of hydrogen-bond donors (Lipinski definition) is 1. The SMILES string of the molecule is COc1cccc(CCC(=O)NCC2Oc3ccccc3N(C)C2=O)c1. The fourth-order valence-electron chi connectivity index (χ4n) is 2.88. The first kappa shape index (κ1) is 17.8. The molecule has 1 heterocycles. The zero-order valence-corrected chi connectivity index (χ0v) is 14.9. The summed E-state index contributed by atoms with van der Waals surface area (Å²) >= 11 is 0. The number of rotatable bonds is 6. The summed E-state index contributed by atoms with van der Waals surface area (Å²) in [5.41, 5.74) is 1.76. The van der Waals surface area contributed by atoms with Crippen molar-refractivity contribution in [2.24, 2.45) is 0 Å². The lowest BCUT2D eigenvalue weighted by molar-refractivity contribution is -0.127. The van der Waals surface area contributed by atoms with Crippen LogP contribution in [0.25, 0.3) is 0 Å². The number of benzene rings is 2. The molecule has 6 nitrogen and oxygen atoms in total. The molecule has 0 aliphatic carbocycles. The average molecular weight is 354 g/mol. The number of aryl methyl sites for hydroxylation is 1. The third kappa shape index (κ3) is 3.96. The first-order valence-corrected chi connectivity index (χ1v) is 8.51. The Hall–Kier alpha value is -3.02. The number of ether oxygens (including phenoxy) is 2. The number of anilines is 1. The van der Waals surface area contributed by atoms with E-state index in [1.165, 1.54) is 0 Å².